The Balaban J connectivity index is 6.24. The molecule has 0 aliphatic carbocycles. The summed E-state index contributed by atoms with van der Waals surface area (Å²) in [6.07, 6.45) is -12.6. The van der Waals surface area contributed by atoms with Crippen LogP contribution in [0.5, 0.6) is 0 Å². The van der Waals surface area contributed by atoms with Crippen molar-refractivity contribution in [3.63, 3.8) is 0 Å². The van der Waals surface area contributed by atoms with Crippen LogP contribution < -0.4 is 0 Å². The second kappa shape index (κ2) is 6.09. The smallest absolute Gasteiger partial charge is 0.374 e. The summed E-state index contributed by atoms with van der Waals surface area (Å²) in [5, 5.41) is 8.98. The van der Waals surface area contributed by atoms with E-state index in [0.29, 0.717) is 6.08 Å². The van der Waals surface area contributed by atoms with Gasteiger partial charge < -0.3 is 5.11 Å². The Morgan fingerprint density at radius 3 is 1.36 bits per heavy atom. The van der Waals surface area contributed by atoms with Crippen LogP contribution in [0.15, 0.2) is 24.3 Å². The average Bonchev–Trinajstić information content (AvgIpc) is 2.31. The molecule has 0 bridgehead atoms. The molecule has 0 aromatic rings. The van der Waals surface area contributed by atoms with Crippen LogP contribution in [0.2, 0.25) is 0 Å². The van der Waals surface area contributed by atoms with Crippen molar-refractivity contribution in [2.24, 2.45) is 0 Å². The minimum atomic E-state index is -6.84. The molecule has 0 atom stereocenters. The standard InChI is InChI=1S/C11H10F10O/c1-2-3-4-5-6-7(22,8(12,13)10(16,17)18)9(14,15)11(19,20)21/h3-6,22H,2H2,1H3. The van der Waals surface area contributed by atoms with E-state index in [0.717, 1.165) is 6.08 Å². The number of allylic oxidation sites excluding steroid dienone is 3. The summed E-state index contributed by atoms with van der Waals surface area (Å²) in [6.45, 7) is 1.46. The van der Waals surface area contributed by atoms with E-state index in [4.69, 9.17) is 5.11 Å². The second-order valence-corrected chi connectivity index (χ2v) is 4.11. The fraction of sp³-hybridized carbons (Fsp3) is 0.636. The number of hydrogen-bond acceptors (Lipinski definition) is 1. The highest BCUT2D eigenvalue weighted by Crippen LogP contribution is 2.55. The molecule has 0 saturated carbocycles. The lowest BCUT2D eigenvalue weighted by atomic mass is 9.86. The summed E-state index contributed by atoms with van der Waals surface area (Å²) in [7, 11) is 0. The van der Waals surface area contributed by atoms with Crippen LogP contribution in [0.4, 0.5) is 43.9 Å². The van der Waals surface area contributed by atoms with Gasteiger partial charge in [-0.25, -0.2) is 0 Å². The summed E-state index contributed by atoms with van der Waals surface area (Å²) in [5.41, 5.74) is -5.84. The van der Waals surface area contributed by atoms with E-state index in [-0.39, 0.29) is 12.5 Å². The summed E-state index contributed by atoms with van der Waals surface area (Å²) in [4.78, 5) is 0. The first-order valence-electron chi connectivity index (χ1n) is 5.52. The highest BCUT2D eigenvalue weighted by atomic mass is 19.4. The summed E-state index contributed by atoms with van der Waals surface area (Å²) in [6, 6.07) is 0. The highest BCUT2D eigenvalue weighted by Gasteiger charge is 2.83. The lowest BCUT2D eigenvalue weighted by Crippen LogP contribution is -2.69. The van der Waals surface area contributed by atoms with E-state index >= 15 is 0 Å². The number of halogens is 10. The predicted molar refractivity (Wildman–Crippen MR) is 55.5 cm³/mol. The first kappa shape index (κ1) is 20.7. The van der Waals surface area contributed by atoms with Crippen molar-refractivity contribution < 1.29 is 49.0 Å². The monoisotopic (exact) mass is 348 g/mol. The van der Waals surface area contributed by atoms with Gasteiger partial charge in [-0.05, 0) is 12.5 Å². The Kier molecular flexibility index (Phi) is 5.74. The number of aliphatic hydroxyl groups is 1. The molecule has 130 valence electrons. The van der Waals surface area contributed by atoms with Crippen LogP contribution in [-0.2, 0) is 0 Å². The van der Waals surface area contributed by atoms with Crippen molar-refractivity contribution >= 4 is 0 Å². The fourth-order valence-electron chi connectivity index (χ4n) is 1.25. The van der Waals surface area contributed by atoms with Crippen molar-refractivity contribution in [2.45, 2.75) is 43.1 Å². The maximum atomic E-state index is 13.1. The van der Waals surface area contributed by atoms with E-state index in [9.17, 15) is 43.9 Å². The van der Waals surface area contributed by atoms with Gasteiger partial charge in [-0.1, -0.05) is 25.2 Å². The molecule has 0 amide bonds. The van der Waals surface area contributed by atoms with Gasteiger partial charge in [0, 0.05) is 0 Å². The molecule has 0 aromatic heterocycles. The Bertz CT molecular complexity index is 403. The fourth-order valence-corrected chi connectivity index (χ4v) is 1.25. The molecule has 0 unspecified atom stereocenters. The Morgan fingerprint density at radius 1 is 0.727 bits per heavy atom. The highest BCUT2D eigenvalue weighted by molar-refractivity contribution is 5.22. The molecule has 22 heavy (non-hydrogen) atoms. The third-order valence-corrected chi connectivity index (χ3v) is 2.49. The zero-order valence-corrected chi connectivity index (χ0v) is 10.7. The largest absolute Gasteiger partial charge is 0.457 e. The maximum Gasteiger partial charge on any atom is 0.457 e. The first-order chi connectivity index (χ1) is 9.56. The number of alkyl halides is 10. The van der Waals surface area contributed by atoms with E-state index < -0.39 is 35.9 Å². The lowest BCUT2D eigenvalue weighted by molar-refractivity contribution is -0.409. The van der Waals surface area contributed by atoms with Crippen molar-refractivity contribution in [3.8, 4) is 0 Å². The topological polar surface area (TPSA) is 20.2 Å². The molecule has 0 rings (SSSR count). The van der Waals surface area contributed by atoms with Crippen molar-refractivity contribution in [1.82, 2.24) is 0 Å². The van der Waals surface area contributed by atoms with Gasteiger partial charge in [-0.3, -0.25) is 0 Å². The zero-order chi connectivity index (χ0) is 18.0. The van der Waals surface area contributed by atoms with E-state index in [1.54, 1.807) is 0 Å². The molecular weight excluding hydrogens is 338 g/mol. The third kappa shape index (κ3) is 3.39. The molecular formula is C11H10F10O. The molecule has 0 aliphatic heterocycles. The Labute approximate surface area is 117 Å². The summed E-state index contributed by atoms with van der Waals surface area (Å²) in [5.74, 6) is -13.5. The van der Waals surface area contributed by atoms with E-state index in [1.165, 1.54) is 6.92 Å². The zero-order valence-electron chi connectivity index (χ0n) is 10.7. The molecule has 0 spiro atoms. The van der Waals surface area contributed by atoms with Gasteiger partial charge >= 0.3 is 24.2 Å². The molecule has 0 saturated heterocycles. The molecule has 1 N–H and O–H groups in total. The van der Waals surface area contributed by atoms with Gasteiger partial charge in [0.05, 0.1) is 0 Å². The van der Waals surface area contributed by atoms with Gasteiger partial charge in [0.25, 0.3) is 0 Å². The van der Waals surface area contributed by atoms with Crippen LogP contribution in [0, 0.1) is 0 Å². The normalized spacial score (nSPS) is 16.0. The van der Waals surface area contributed by atoms with Crippen LogP contribution >= 0.6 is 0 Å². The van der Waals surface area contributed by atoms with Gasteiger partial charge in [-0.2, -0.15) is 43.9 Å². The molecule has 0 heterocycles. The van der Waals surface area contributed by atoms with Gasteiger partial charge in [0.2, 0.25) is 5.60 Å². The van der Waals surface area contributed by atoms with E-state index in [1.807, 2.05) is 0 Å². The van der Waals surface area contributed by atoms with Gasteiger partial charge in [-0.15, -0.1) is 0 Å². The second-order valence-electron chi connectivity index (χ2n) is 4.11. The SMILES string of the molecule is CCC=CC=CC(O)(C(F)(F)C(F)(F)F)C(F)(F)C(F)(F)F. The number of hydrogen-bond donors (Lipinski definition) is 1. The van der Waals surface area contributed by atoms with Crippen molar-refractivity contribution in [1.29, 1.82) is 0 Å². The number of rotatable bonds is 5. The Morgan fingerprint density at radius 2 is 1.09 bits per heavy atom. The Hall–Kier alpha value is -1.26. The first-order valence-corrected chi connectivity index (χ1v) is 5.52. The van der Waals surface area contributed by atoms with Gasteiger partial charge in [0.1, 0.15) is 0 Å². The third-order valence-electron chi connectivity index (χ3n) is 2.49. The minimum Gasteiger partial charge on any atom is -0.374 e. The maximum absolute atomic E-state index is 13.1. The lowest BCUT2D eigenvalue weighted by Gasteiger charge is -2.40. The van der Waals surface area contributed by atoms with Crippen LogP contribution in [-0.4, -0.2) is 34.9 Å². The molecule has 0 fully saturated rings. The minimum absolute atomic E-state index is 0.0583. The van der Waals surface area contributed by atoms with Crippen LogP contribution in [0.3, 0.4) is 0 Å². The quantitative estimate of drug-likeness (QED) is 0.567. The predicted octanol–water partition coefficient (Wildman–Crippen LogP) is 4.64. The van der Waals surface area contributed by atoms with Crippen molar-refractivity contribution in [3.05, 3.63) is 24.3 Å². The van der Waals surface area contributed by atoms with Crippen molar-refractivity contribution in [2.75, 3.05) is 0 Å². The molecule has 0 aliphatic rings. The van der Waals surface area contributed by atoms with Crippen LogP contribution in [0.25, 0.3) is 0 Å². The summed E-state index contributed by atoms with van der Waals surface area (Å²) < 4.78 is 125. The molecule has 0 aromatic carbocycles. The van der Waals surface area contributed by atoms with Crippen LogP contribution in [0.1, 0.15) is 13.3 Å². The molecule has 0 radical (unpaired) electrons. The molecule has 11 heteroatoms. The summed E-state index contributed by atoms with van der Waals surface area (Å²) >= 11 is 0. The molecule has 1 nitrogen and oxygen atoms in total. The average molecular weight is 348 g/mol. The van der Waals surface area contributed by atoms with E-state index in [2.05, 4.69) is 0 Å². The van der Waals surface area contributed by atoms with Gasteiger partial charge in [0.15, 0.2) is 0 Å².